The predicted octanol–water partition coefficient (Wildman–Crippen LogP) is 1.08. The number of primary amides is 1. The number of carbonyl (C=O) groups is 3. The second kappa shape index (κ2) is 6.07. The molecule has 2 saturated heterocycles. The third-order valence-electron chi connectivity index (χ3n) is 4.41. The maximum absolute atomic E-state index is 13.0. The van der Waals surface area contributed by atoms with Crippen molar-refractivity contribution in [2.24, 2.45) is 11.7 Å². The van der Waals surface area contributed by atoms with Crippen molar-refractivity contribution in [3.8, 4) is 0 Å². The third kappa shape index (κ3) is 2.55. The molecule has 0 radical (unpaired) electrons. The summed E-state index contributed by atoms with van der Waals surface area (Å²) in [5, 5.41) is 5.12. The number of para-hydroxylation sites is 1. The number of hydroxylamine groups is 2. The Balaban J connectivity index is 1.72. The summed E-state index contributed by atoms with van der Waals surface area (Å²) in [7, 11) is 0. The van der Waals surface area contributed by atoms with Gasteiger partial charge >= 0.3 is 0 Å². The number of imide groups is 1. The van der Waals surface area contributed by atoms with Crippen molar-refractivity contribution in [2.45, 2.75) is 12.1 Å². The monoisotopic (exact) mass is 357 g/mol. The van der Waals surface area contributed by atoms with Crippen LogP contribution in [0.1, 0.15) is 11.6 Å². The van der Waals surface area contributed by atoms with Crippen LogP contribution >= 0.6 is 11.3 Å². The molecule has 2 aliphatic rings. The van der Waals surface area contributed by atoms with Crippen molar-refractivity contribution < 1.29 is 19.2 Å². The SMILES string of the molecule is NC(=O)CN1OC2C(=O)N(c3ccccc3)C(=O)C2C1c1ccsc1. The first kappa shape index (κ1) is 15.9. The van der Waals surface area contributed by atoms with Gasteiger partial charge in [-0.15, -0.1) is 0 Å². The van der Waals surface area contributed by atoms with Gasteiger partial charge in [-0.3, -0.25) is 19.2 Å². The zero-order chi connectivity index (χ0) is 17.6. The fraction of sp³-hybridized carbons (Fsp3) is 0.235. The Morgan fingerprint density at radius 1 is 1.16 bits per heavy atom. The molecule has 128 valence electrons. The van der Waals surface area contributed by atoms with E-state index in [1.807, 2.05) is 22.9 Å². The Labute approximate surface area is 147 Å². The van der Waals surface area contributed by atoms with Gasteiger partial charge in [0.15, 0.2) is 6.10 Å². The molecule has 0 bridgehead atoms. The standard InChI is InChI=1S/C17H15N3O4S/c18-12(21)8-19-14(10-6-7-25-9-10)13-15(24-19)17(23)20(16(13)22)11-4-2-1-3-5-11/h1-7,9,13-15H,8H2,(H2,18,21). The number of hydrogen-bond acceptors (Lipinski definition) is 6. The number of anilines is 1. The van der Waals surface area contributed by atoms with Crippen molar-refractivity contribution in [1.29, 1.82) is 0 Å². The number of carbonyl (C=O) groups excluding carboxylic acids is 3. The molecule has 3 amide bonds. The molecule has 2 fully saturated rings. The van der Waals surface area contributed by atoms with Crippen LogP contribution in [0, 0.1) is 5.92 Å². The minimum Gasteiger partial charge on any atom is -0.368 e. The molecule has 0 spiro atoms. The lowest BCUT2D eigenvalue weighted by molar-refractivity contribution is -0.175. The molecule has 7 nitrogen and oxygen atoms in total. The zero-order valence-electron chi connectivity index (χ0n) is 13.1. The Hall–Kier alpha value is -2.55. The van der Waals surface area contributed by atoms with E-state index in [1.165, 1.54) is 16.4 Å². The summed E-state index contributed by atoms with van der Waals surface area (Å²) in [5.41, 5.74) is 6.63. The van der Waals surface area contributed by atoms with Crippen LogP contribution in [0.3, 0.4) is 0 Å². The van der Waals surface area contributed by atoms with Gasteiger partial charge in [0.1, 0.15) is 6.54 Å². The lowest BCUT2D eigenvalue weighted by Gasteiger charge is -2.25. The van der Waals surface area contributed by atoms with Gasteiger partial charge < -0.3 is 5.73 Å². The fourth-order valence-electron chi connectivity index (χ4n) is 3.41. The Morgan fingerprint density at radius 2 is 1.92 bits per heavy atom. The molecule has 8 heteroatoms. The molecule has 2 N–H and O–H groups in total. The number of nitrogens with two attached hydrogens (primary N) is 1. The van der Waals surface area contributed by atoms with Crippen molar-refractivity contribution >= 4 is 34.7 Å². The van der Waals surface area contributed by atoms with Gasteiger partial charge in [0, 0.05) is 0 Å². The maximum Gasteiger partial charge on any atom is 0.265 e. The third-order valence-corrected chi connectivity index (χ3v) is 5.11. The highest BCUT2D eigenvalue weighted by atomic mass is 32.1. The molecule has 1 aromatic carbocycles. The highest BCUT2D eigenvalue weighted by Crippen LogP contribution is 2.45. The van der Waals surface area contributed by atoms with Crippen molar-refractivity contribution in [1.82, 2.24) is 5.06 Å². The smallest absolute Gasteiger partial charge is 0.265 e. The van der Waals surface area contributed by atoms with E-state index in [0.717, 1.165) is 10.5 Å². The molecule has 3 atom stereocenters. The van der Waals surface area contributed by atoms with E-state index >= 15 is 0 Å². The van der Waals surface area contributed by atoms with Crippen LogP contribution in [0.4, 0.5) is 5.69 Å². The van der Waals surface area contributed by atoms with Gasteiger partial charge in [-0.1, -0.05) is 18.2 Å². The molecular weight excluding hydrogens is 342 g/mol. The molecular formula is C17H15N3O4S. The van der Waals surface area contributed by atoms with Gasteiger partial charge in [-0.2, -0.15) is 16.4 Å². The van der Waals surface area contributed by atoms with Crippen LogP contribution in [0.25, 0.3) is 0 Å². The number of benzene rings is 1. The van der Waals surface area contributed by atoms with E-state index in [-0.39, 0.29) is 12.5 Å². The number of rotatable bonds is 4. The van der Waals surface area contributed by atoms with Gasteiger partial charge in [-0.25, -0.2) is 4.90 Å². The van der Waals surface area contributed by atoms with Crippen LogP contribution < -0.4 is 10.6 Å². The first-order valence-electron chi connectivity index (χ1n) is 7.74. The predicted molar refractivity (Wildman–Crippen MR) is 90.3 cm³/mol. The fourth-order valence-corrected chi connectivity index (χ4v) is 4.10. The molecule has 1 aromatic heterocycles. The first-order chi connectivity index (χ1) is 12.1. The summed E-state index contributed by atoms with van der Waals surface area (Å²) in [6.45, 7) is -0.181. The second-order valence-electron chi connectivity index (χ2n) is 5.94. The normalized spacial score (nSPS) is 26.2. The number of nitrogens with zero attached hydrogens (tertiary/aromatic N) is 2. The van der Waals surface area contributed by atoms with E-state index < -0.39 is 29.9 Å². The zero-order valence-corrected chi connectivity index (χ0v) is 13.9. The molecule has 3 unspecified atom stereocenters. The first-order valence-corrected chi connectivity index (χ1v) is 8.69. The van der Waals surface area contributed by atoms with Crippen LogP contribution in [-0.4, -0.2) is 35.4 Å². The van der Waals surface area contributed by atoms with E-state index in [0.29, 0.717) is 5.69 Å². The van der Waals surface area contributed by atoms with E-state index in [4.69, 9.17) is 10.6 Å². The molecule has 2 aliphatic heterocycles. The Kier molecular flexibility index (Phi) is 3.87. The molecule has 0 saturated carbocycles. The van der Waals surface area contributed by atoms with Gasteiger partial charge in [0.2, 0.25) is 11.8 Å². The Bertz CT molecular complexity index is 824. The minimum absolute atomic E-state index is 0.181. The number of hydrogen-bond donors (Lipinski definition) is 1. The average molecular weight is 357 g/mol. The molecule has 25 heavy (non-hydrogen) atoms. The van der Waals surface area contributed by atoms with Crippen molar-refractivity contribution in [3.05, 3.63) is 52.7 Å². The molecule has 2 aromatic rings. The van der Waals surface area contributed by atoms with Crippen LogP contribution in [0.5, 0.6) is 0 Å². The Morgan fingerprint density at radius 3 is 2.56 bits per heavy atom. The largest absolute Gasteiger partial charge is 0.368 e. The minimum atomic E-state index is -0.947. The van der Waals surface area contributed by atoms with Gasteiger partial charge in [0.05, 0.1) is 17.6 Å². The number of thiophene rings is 1. The molecule has 0 aliphatic carbocycles. The summed E-state index contributed by atoms with van der Waals surface area (Å²) in [6.07, 6.45) is -0.947. The topological polar surface area (TPSA) is 92.9 Å². The van der Waals surface area contributed by atoms with Crippen LogP contribution in [-0.2, 0) is 19.2 Å². The van der Waals surface area contributed by atoms with Crippen LogP contribution in [0.15, 0.2) is 47.2 Å². The van der Waals surface area contributed by atoms with Gasteiger partial charge in [0.25, 0.3) is 5.91 Å². The maximum atomic E-state index is 13.0. The van der Waals surface area contributed by atoms with Crippen molar-refractivity contribution in [2.75, 3.05) is 11.4 Å². The molecule has 3 heterocycles. The number of amides is 3. The quantitative estimate of drug-likeness (QED) is 0.827. The molecule has 4 rings (SSSR count). The highest BCUT2D eigenvalue weighted by molar-refractivity contribution is 7.08. The summed E-state index contributed by atoms with van der Waals surface area (Å²) in [4.78, 5) is 44.0. The second-order valence-corrected chi connectivity index (χ2v) is 6.72. The van der Waals surface area contributed by atoms with Gasteiger partial charge in [-0.05, 0) is 34.5 Å². The average Bonchev–Trinajstić information content (AvgIpc) is 3.26. The lowest BCUT2D eigenvalue weighted by atomic mass is 9.92. The van der Waals surface area contributed by atoms with Crippen molar-refractivity contribution in [3.63, 3.8) is 0 Å². The lowest BCUT2D eigenvalue weighted by Crippen LogP contribution is -2.39. The van der Waals surface area contributed by atoms with E-state index in [9.17, 15) is 14.4 Å². The summed E-state index contributed by atoms with van der Waals surface area (Å²) in [6, 6.07) is 10.1. The highest BCUT2D eigenvalue weighted by Gasteiger charge is 2.60. The summed E-state index contributed by atoms with van der Waals surface area (Å²) in [5.74, 6) is -2.04. The summed E-state index contributed by atoms with van der Waals surface area (Å²) < 4.78 is 0. The van der Waals surface area contributed by atoms with E-state index in [1.54, 1.807) is 24.3 Å². The summed E-state index contributed by atoms with van der Waals surface area (Å²) >= 11 is 1.47. The van der Waals surface area contributed by atoms with Crippen LogP contribution in [0.2, 0.25) is 0 Å². The van der Waals surface area contributed by atoms with E-state index in [2.05, 4.69) is 0 Å². The number of fused-ring (bicyclic) bond motifs is 1.